The van der Waals surface area contributed by atoms with Crippen LogP contribution >= 0.6 is 0 Å². The molecule has 1 aliphatic heterocycles. The van der Waals surface area contributed by atoms with E-state index < -0.39 is 0 Å². The normalized spacial score (nSPS) is 13.0. The molecular formula is C23H23N5O. The molecule has 0 saturated carbocycles. The Labute approximate surface area is 169 Å². The maximum Gasteiger partial charge on any atom is 0.246 e. The van der Waals surface area contributed by atoms with Gasteiger partial charge < -0.3 is 10.3 Å². The lowest BCUT2D eigenvalue weighted by Gasteiger charge is -2.08. The van der Waals surface area contributed by atoms with E-state index in [1.54, 1.807) is 6.20 Å². The quantitative estimate of drug-likeness (QED) is 0.554. The maximum absolute atomic E-state index is 12.2. The highest BCUT2D eigenvalue weighted by Gasteiger charge is 2.22. The van der Waals surface area contributed by atoms with Crippen LogP contribution in [0.4, 0.5) is 5.69 Å². The smallest absolute Gasteiger partial charge is 0.246 e. The average molecular weight is 385 g/mol. The van der Waals surface area contributed by atoms with Crippen LogP contribution in [0.3, 0.4) is 0 Å². The third-order valence-corrected chi connectivity index (χ3v) is 4.69. The molecule has 2 aromatic heterocycles. The van der Waals surface area contributed by atoms with Gasteiger partial charge >= 0.3 is 0 Å². The third kappa shape index (κ3) is 3.69. The molecule has 146 valence electrons. The van der Waals surface area contributed by atoms with Crippen molar-refractivity contribution in [3.05, 3.63) is 83.8 Å². The van der Waals surface area contributed by atoms with Gasteiger partial charge in [-0.2, -0.15) is 5.10 Å². The molecule has 6 heteroatoms. The zero-order chi connectivity index (χ0) is 20.2. The molecule has 0 radical (unpaired) electrons. The number of carbonyl (C=O) groups excluding carboxylic acids is 1. The molecule has 0 atom stereocenters. The molecule has 5 rings (SSSR count). The van der Waals surface area contributed by atoms with E-state index in [0.717, 1.165) is 39.1 Å². The van der Waals surface area contributed by atoms with Gasteiger partial charge in [-0.1, -0.05) is 50.2 Å². The zero-order valence-corrected chi connectivity index (χ0v) is 16.5. The number of para-hydroxylation sites is 1. The molecule has 0 bridgehead atoms. The van der Waals surface area contributed by atoms with Crippen molar-refractivity contribution in [1.82, 2.24) is 14.8 Å². The highest BCUT2D eigenvalue weighted by Crippen LogP contribution is 2.31. The number of hydrogen-bond acceptors (Lipinski definition) is 3. The first-order chi connectivity index (χ1) is 14.3. The maximum atomic E-state index is 12.2. The summed E-state index contributed by atoms with van der Waals surface area (Å²) in [6.07, 6.45) is 3.71. The Balaban J connectivity index is 0.000000994. The van der Waals surface area contributed by atoms with Gasteiger partial charge in [-0.25, -0.2) is 0 Å². The number of H-pyrrole nitrogens is 1. The van der Waals surface area contributed by atoms with E-state index in [2.05, 4.69) is 32.5 Å². The molecule has 2 aromatic carbocycles. The second-order valence-corrected chi connectivity index (χ2v) is 6.54. The van der Waals surface area contributed by atoms with Gasteiger partial charge in [0.25, 0.3) is 0 Å². The van der Waals surface area contributed by atoms with Gasteiger partial charge in [0.1, 0.15) is 6.54 Å². The van der Waals surface area contributed by atoms with Gasteiger partial charge in [-0.05, 0) is 23.8 Å². The SMILES string of the molecule is CC.O=C1CN=C(c2cccc(Cn3cccn3)c2)c2[nH]c3ccccc3c2N1. The highest BCUT2D eigenvalue weighted by molar-refractivity contribution is 6.22. The average Bonchev–Trinajstić information content (AvgIpc) is 3.35. The molecular weight excluding hydrogens is 362 g/mol. The predicted molar refractivity (Wildman–Crippen MR) is 117 cm³/mol. The molecule has 0 fully saturated rings. The number of aromatic amines is 1. The van der Waals surface area contributed by atoms with Crippen LogP contribution in [0, 0.1) is 0 Å². The Bertz CT molecular complexity index is 1170. The van der Waals surface area contributed by atoms with E-state index in [1.165, 1.54) is 0 Å². The first kappa shape index (κ1) is 18.7. The lowest BCUT2D eigenvalue weighted by molar-refractivity contribution is -0.114. The minimum absolute atomic E-state index is 0.107. The number of anilines is 1. The zero-order valence-electron chi connectivity index (χ0n) is 16.5. The Morgan fingerprint density at radius 1 is 1.07 bits per heavy atom. The minimum Gasteiger partial charge on any atom is -0.351 e. The van der Waals surface area contributed by atoms with Crippen molar-refractivity contribution in [2.75, 3.05) is 11.9 Å². The molecule has 3 heterocycles. The van der Waals surface area contributed by atoms with Crippen molar-refractivity contribution in [2.24, 2.45) is 4.99 Å². The van der Waals surface area contributed by atoms with Crippen LogP contribution < -0.4 is 5.32 Å². The third-order valence-electron chi connectivity index (χ3n) is 4.69. The van der Waals surface area contributed by atoms with E-state index in [4.69, 9.17) is 0 Å². The lowest BCUT2D eigenvalue weighted by atomic mass is 10.0. The van der Waals surface area contributed by atoms with Gasteiger partial charge in [0.05, 0.1) is 23.6 Å². The van der Waals surface area contributed by atoms with E-state index in [0.29, 0.717) is 6.54 Å². The Morgan fingerprint density at radius 3 is 2.76 bits per heavy atom. The molecule has 29 heavy (non-hydrogen) atoms. The Morgan fingerprint density at radius 2 is 1.93 bits per heavy atom. The van der Waals surface area contributed by atoms with Crippen LogP contribution in [-0.4, -0.2) is 32.9 Å². The van der Waals surface area contributed by atoms with Crippen molar-refractivity contribution >= 4 is 28.2 Å². The number of aliphatic imine (C=N–C) groups is 1. The lowest BCUT2D eigenvalue weighted by Crippen LogP contribution is -2.13. The van der Waals surface area contributed by atoms with Crippen LogP contribution in [0.2, 0.25) is 0 Å². The van der Waals surface area contributed by atoms with E-state index in [9.17, 15) is 4.79 Å². The number of amides is 1. The van der Waals surface area contributed by atoms with Gasteiger partial charge in [0, 0.05) is 28.9 Å². The second kappa shape index (κ2) is 8.14. The van der Waals surface area contributed by atoms with Gasteiger partial charge in [-0.15, -0.1) is 0 Å². The number of benzene rings is 2. The first-order valence-electron chi connectivity index (χ1n) is 9.80. The summed E-state index contributed by atoms with van der Waals surface area (Å²) >= 11 is 0. The molecule has 4 aromatic rings. The van der Waals surface area contributed by atoms with Gasteiger partial charge in [0.15, 0.2) is 0 Å². The molecule has 0 aliphatic carbocycles. The monoisotopic (exact) mass is 385 g/mol. The summed E-state index contributed by atoms with van der Waals surface area (Å²) in [5.74, 6) is -0.108. The fourth-order valence-electron chi connectivity index (χ4n) is 3.49. The van der Waals surface area contributed by atoms with Gasteiger partial charge in [0.2, 0.25) is 5.91 Å². The van der Waals surface area contributed by atoms with Crippen LogP contribution in [0.15, 0.2) is 72.0 Å². The molecule has 6 nitrogen and oxygen atoms in total. The van der Waals surface area contributed by atoms with Crippen LogP contribution in [-0.2, 0) is 11.3 Å². The van der Waals surface area contributed by atoms with Crippen molar-refractivity contribution in [3.8, 4) is 0 Å². The number of nitrogens with zero attached hydrogens (tertiary/aromatic N) is 3. The fraction of sp³-hybridized carbons (Fsp3) is 0.174. The minimum atomic E-state index is -0.108. The van der Waals surface area contributed by atoms with Crippen molar-refractivity contribution in [1.29, 1.82) is 0 Å². The highest BCUT2D eigenvalue weighted by atomic mass is 16.1. The van der Waals surface area contributed by atoms with Crippen LogP contribution in [0.5, 0.6) is 0 Å². The summed E-state index contributed by atoms with van der Waals surface area (Å²) in [5, 5.41) is 8.26. The summed E-state index contributed by atoms with van der Waals surface area (Å²) in [6.45, 7) is 4.79. The van der Waals surface area contributed by atoms with E-state index in [1.807, 2.05) is 67.2 Å². The largest absolute Gasteiger partial charge is 0.351 e. The van der Waals surface area contributed by atoms with Crippen molar-refractivity contribution in [2.45, 2.75) is 20.4 Å². The molecule has 0 spiro atoms. The van der Waals surface area contributed by atoms with E-state index >= 15 is 0 Å². The Kier molecular flexibility index (Phi) is 5.24. The van der Waals surface area contributed by atoms with Crippen molar-refractivity contribution in [3.63, 3.8) is 0 Å². The molecule has 0 unspecified atom stereocenters. The summed E-state index contributed by atoms with van der Waals surface area (Å²) < 4.78 is 1.88. The second-order valence-electron chi connectivity index (χ2n) is 6.54. The molecule has 0 saturated heterocycles. The summed E-state index contributed by atoms with van der Waals surface area (Å²) in [4.78, 5) is 20.2. The van der Waals surface area contributed by atoms with Crippen LogP contribution in [0.1, 0.15) is 30.7 Å². The summed E-state index contributed by atoms with van der Waals surface area (Å²) in [5.41, 5.74) is 5.51. The number of aromatic nitrogens is 3. The molecule has 1 aliphatic rings. The molecule has 2 N–H and O–H groups in total. The number of fused-ring (bicyclic) bond motifs is 3. The standard InChI is InChI=1S/C21H17N5O.C2H6/c27-18-12-22-19(21-20(25-18)16-7-1-2-8-17(16)24-21)15-6-3-5-14(11-15)13-26-10-4-9-23-26;1-2/h1-11,24H,12-13H2,(H,25,27);1-2H3. The number of rotatable bonds is 3. The van der Waals surface area contributed by atoms with E-state index in [-0.39, 0.29) is 12.5 Å². The number of nitrogens with one attached hydrogen (secondary N) is 2. The number of hydrogen-bond donors (Lipinski definition) is 2. The Hall–Kier alpha value is -3.67. The summed E-state index contributed by atoms with van der Waals surface area (Å²) in [7, 11) is 0. The number of carbonyl (C=O) groups is 1. The molecule has 1 amide bonds. The summed E-state index contributed by atoms with van der Waals surface area (Å²) in [6, 6.07) is 18.1. The predicted octanol–water partition coefficient (Wildman–Crippen LogP) is 4.23. The van der Waals surface area contributed by atoms with Crippen LogP contribution in [0.25, 0.3) is 10.9 Å². The first-order valence-corrected chi connectivity index (χ1v) is 9.80. The topological polar surface area (TPSA) is 75.1 Å². The fourth-order valence-corrected chi connectivity index (χ4v) is 3.49. The van der Waals surface area contributed by atoms with Gasteiger partial charge in [-0.3, -0.25) is 14.5 Å². The van der Waals surface area contributed by atoms with Crippen molar-refractivity contribution < 1.29 is 4.79 Å².